The largest absolute Gasteiger partial charge is 0.454 e. The zero-order valence-corrected chi connectivity index (χ0v) is 13.3. The zero-order chi connectivity index (χ0) is 17.3. The summed E-state index contributed by atoms with van der Waals surface area (Å²) in [6.07, 6.45) is 0. The van der Waals surface area contributed by atoms with Crippen LogP contribution in [0.25, 0.3) is 10.2 Å². The highest BCUT2D eigenvalue weighted by molar-refractivity contribution is 7.17. The molecule has 0 saturated carbocycles. The highest BCUT2D eigenvalue weighted by atomic mass is 32.1. The Labute approximate surface area is 138 Å². The van der Waals surface area contributed by atoms with Crippen molar-refractivity contribution in [3.63, 3.8) is 0 Å². The first-order valence-electron chi connectivity index (χ1n) is 6.85. The summed E-state index contributed by atoms with van der Waals surface area (Å²) < 4.78 is 5.62. The second kappa shape index (κ2) is 6.20. The van der Waals surface area contributed by atoms with Crippen LogP contribution in [0.3, 0.4) is 0 Å². The van der Waals surface area contributed by atoms with Gasteiger partial charge >= 0.3 is 5.97 Å². The number of thiophene rings is 1. The second-order valence-electron chi connectivity index (χ2n) is 4.93. The molecule has 9 heteroatoms. The number of ether oxygens (including phenoxy) is 1. The van der Waals surface area contributed by atoms with E-state index in [-0.39, 0.29) is 34.8 Å². The molecule has 0 fully saturated rings. The van der Waals surface area contributed by atoms with E-state index in [4.69, 9.17) is 4.74 Å². The fourth-order valence-corrected chi connectivity index (χ4v) is 2.97. The van der Waals surface area contributed by atoms with Crippen LogP contribution < -0.4 is 5.56 Å². The molecule has 0 amide bonds. The zero-order valence-electron chi connectivity index (χ0n) is 12.4. The van der Waals surface area contributed by atoms with E-state index in [1.165, 1.54) is 36.5 Å². The Morgan fingerprint density at radius 2 is 2.21 bits per heavy atom. The molecule has 0 aliphatic rings. The number of nitrogens with zero attached hydrogens (tertiary/aromatic N) is 2. The Morgan fingerprint density at radius 3 is 2.96 bits per heavy atom. The number of esters is 1. The summed E-state index contributed by atoms with van der Waals surface area (Å²) in [5, 5.41) is 12.7. The Balaban J connectivity index is 1.81. The molecule has 0 aliphatic heterocycles. The van der Waals surface area contributed by atoms with Crippen LogP contribution in [-0.2, 0) is 11.3 Å². The molecule has 0 bridgehead atoms. The Bertz CT molecular complexity index is 1010. The molecule has 8 nitrogen and oxygen atoms in total. The molecule has 2 heterocycles. The third-order valence-electron chi connectivity index (χ3n) is 3.43. The van der Waals surface area contributed by atoms with Gasteiger partial charge in [-0.2, -0.15) is 0 Å². The molecule has 0 aliphatic carbocycles. The first-order valence-corrected chi connectivity index (χ1v) is 7.73. The van der Waals surface area contributed by atoms with Gasteiger partial charge in [0.25, 0.3) is 11.2 Å². The van der Waals surface area contributed by atoms with Crippen LogP contribution in [0.4, 0.5) is 5.69 Å². The van der Waals surface area contributed by atoms with Crippen molar-refractivity contribution in [2.24, 2.45) is 0 Å². The lowest BCUT2D eigenvalue weighted by Crippen LogP contribution is -2.14. The summed E-state index contributed by atoms with van der Waals surface area (Å²) in [7, 11) is 0. The van der Waals surface area contributed by atoms with E-state index >= 15 is 0 Å². The van der Waals surface area contributed by atoms with Gasteiger partial charge in [0.1, 0.15) is 17.1 Å². The molecule has 0 saturated heterocycles. The normalized spacial score (nSPS) is 10.7. The molecule has 0 spiro atoms. The van der Waals surface area contributed by atoms with Crippen LogP contribution in [0.15, 0.2) is 34.4 Å². The molecule has 0 radical (unpaired) electrons. The molecule has 2 aromatic heterocycles. The molecule has 1 N–H and O–H groups in total. The highest BCUT2D eigenvalue weighted by Gasteiger charge is 2.19. The van der Waals surface area contributed by atoms with Gasteiger partial charge in [-0.1, -0.05) is 6.07 Å². The summed E-state index contributed by atoms with van der Waals surface area (Å²) in [6.45, 7) is 1.24. The van der Waals surface area contributed by atoms with Crippen molar-refractivity contribution >= 4 is 33.2 Å². The van der Waals surface area contributed by atoms with Crippen molar-refractivity contribution in [2.45, 2.75) is 13.5 Å². The third kappa shape index (κ3) is 2.88. The molecule has 0 atom stereocenters. The first kappa shape index (κ1) is 15.8. The van der Waals surface area contributed by atoms with E-state index in [0.29, 0.717) is 10.2 Å². The Morgan fingerprint density at radius 1 is 1.42 bits per heavy atom. The van der Waals surface area contributed by atoms with Crippen LogP contribution in [0.1, 0.15) is 21.7 Å². The number of hydrogen-bond acceptors (Lipinski definition) is 7. The van der Waals surface area contributed by atoms with Gasteiger partial charge in [0.2, 0.25) is 0 Å². The lowest BCUT2D eigenvalue weighted by atomic mass is 10.1. The minimum atomic E-state index is -0.718. The number of rotatable bonds is 4. The maximum Gasteiger partial charge on any atom is 0.339 e. The van der Waals surface area contributed by atoms with Gasteiger partial charge in [-0.3, -0.25) is 14.9 Å². The van der Waals surface area contributed by atoms with Crippen molar-refractivity contribution in [1.29, 1.82) is 0 Å². The van der Waals surface area contributed by atoms with Crippen LogP contribution in [0.5, 0.6) is 0 Å². The number of nitrogens with one attached hydrogen (secondary N) is 1. The lowest BCUT2D eigenvalue weighted by Gasteiger charge is -2.07. The van der Waals surface area contributed by atoms with Crippen molar-refractivity contribution in [3.05, 3.63) is 67.1 Å². The van der Waals surface area contributed by atoms with Crippen molar-refractivity contribution in [1.82, 2.24) is 9.97 Å². The van der Waals surface area contributed by atoms with E-state index in [2.05, 4.69) is 9.97 Å². The van der Waals surface area contributed by atoms with Gasteiger partial charge in [-0.05, 0) is 24.4 Å². The predicted octanol–water partition coefficient (Wildman–Crippen LogP) is 2.56. The number of carbonyl (C=O) groups is 1. The Hall–Kier alpha value is -3.07. The third-order valence-corrected chi connectivity index (χ3v) is 4.33. The average molecular weight is 345 g/mol. The number of benzene rings is 1. The number of aromatic amines is 1. The minimum absolute atomic E-state index is 0.100. The predicted molar refractivity (Wildman–Crippen MR) is 87.2 cm³/mol. The fourth-order valence-electron chi connectivity index (χ4n) is 2.24. The van der Waals surface area contributed by atoms with Gasteiger partial charge in [0.15, 0.2) is 0 Å². The van der Waals surface area contributed by atoms with Crippen LogP contribution in [0.2, 0.25) is 0 Å². The summed E-state index contributed by atoms with van der Waals surface area (Å²) in [5.41, 5.74) is 0.398. The summed E-state index contributed by atoms with van der Waals surface area (Å²) >= 11 is 1.27. The maximum absolute atomic E-state index is 12.1. The van der Waals surface area contributed by atoms with Crippen molar-refractivity contribution in [3.8, 4) is 0 Å². The number of fused-ring (bicyclic) bond motifs is 1. The molecule has 24 heavy (non-hydrogen) atoms. The first-order chi connectivity index (χ1) is 11.5. The fraction of sp³-hybridized carbons (Fsp3) is 0.133. The Kier molecular flexibility index (Phi) is 4.09. The van der Waals surface area contributed by atoms with Crippen LogP contribution in [-0.4, -0.2) is 20.9 Å². The number of hydrogen-bond donors (Lipinski definition) is 1. The smallest absolute Gasteiger partial charge is 0.339 e. The second-order valence-corrected chi connectivity index (χ2v) is 5.85. The van der Waals surface area contributed by atoms with E-state index in [1.807, 2.05) is 0 Å². The van der Waals surface area contributed by atoms with Crippen molar-refractivity contribution in [2.75, 3.05) is 0 Å². The monoisotopic (exact) mass is 345 g/mol. The minimum Gasteiger partial charge on any atom is -0.454 e. The standard InChI is InChI=1S/C15H11N3O5S/c1-8-9(3-2-4-11(8)18(21)22)15(20)23-7-12-16-10-5-6-24-13(10)14(19)17-12/h2-6H,7H2,1H3,(H,16,17,19). The van der Waals surface area contributed by atoms with E-state index < -0.39 is 10.9 Å². The molecule has 122 valence electrons. The summed E-state index contributed by atoms with van der Waals surface area (Å²) in [4.78, 5) is 41.1. The van der Waals surface area contributed by atoms with Crippen molar-refractivity contribution < 1.29 is 14.5 Å². The van der Waals surface area contributed by atoms with Crippen LogP contribution in [0, 0.1) is 17.0 Å². The van der Waals surface area contributed by atoms with E-state index in [1.54, 1.807) is 11.4 Å². The summed E-state index contributed by atoms with van der Waals surface area (Å²) in [6, 6.07) is 5.88. The van der Waals surface area contributed by atoms with E-state index in [0.717, 1.165) is 0 Å². The van der Waals surface area contributed by atoms with Crippen LogP contribution >= 0.6 is 11.3 Å². The molecule has 1 aromatic carbocycles. The van der Waals surface area contributed by atoms with E-state index in [9.17, 15) is 19.7 Å². The van der Waals surface area contributed by atoms with Gasteiger partial charge in [-0.25, -0.2) is 9.78 Å². The number of H-pyrrole nitrogens is 1. The number of nitro groups is 1. The maximum atomic E-state index is 12.1. The molecule has 3 rings (SSSR count). The number of nitro benzene ring substituents is 1. The van der Waals surface area contributed by atoms with Gasteiger partial charge < -0.3 is 9.72 Å². The number of aromatic nitrogens is 2. The van der Waals surface area contributed by atoms with Gasteiger partial charge in [0, 0.05) is 11.6 Å². The quantitative estimate of drug-likeness (QED) is 0.441. The molecule has 0 unspecified atom stereocenters. The molecule has 3 aromatic rings. The van der Waals surface area contributed by atoms with Gasteiger partial charge in [0.05, 0.1) is 16.0 Å². The lowest BCUT2D eigenvalue weighted by molar-refractivity contribution is -0.385. The summed E-state index contributed by atoms with van der Waals surface area (Å²) in [5.74, 6) is -0.508. The molecular formula is C15H11N3O5S. The number of carbonyl (C=O) groups excluding carboxylic acids is 1. The van der Waals surface area contributed by atoms with Gasteiger partial charge in [-0.15, -0.1) is 11.3 Å². The topological polar surface area (TPSA) is 115 Å². The highest BCUT2D eigenvalue weighted by Crippen LogP contribution is 2.22. The average Bonchev–Trinajstić information content (AvgIpc) is 3.01. The SMILES string of the molecule is Cc1c(C(=O)OCc2nc3ccsc3c(=O)[nH]2)cccc1[N+](=O)[O-]. The molecular weight excluding hydrogens is 334 g/mol.